The van der Waals surface area contributed by atoms with Gasteiger partial charge in [-0.05, 0) is 38.0 Å². The lowest BCUT2D eigenvalue weighted by Gasteiger charge is -2.35. The summed E-state index contributed by atoms with van der Waals surface area (Å²) in [5.74, 6) is 0.817. The summed E-state index contributed by atoms with van der Waals surface area (Å²) >= 11 is 0. The van der Waals surface area contributed by atoms with Crippen LogP contribution in [0.1, 0.15) is 37.7 Å². The average molecular weight is 318 g/mol. The molecule has 126 valence electrons. The zero-order chi connectivity index (χ0) is 15.8. The first-order chi connectivity index (χ1) is 11.2. The number of carbonyl (C=O) groups excluding carboxylic acids is 1. The molecule has 6 heteroatoms. The SMILES string of the molecule is Cn1cc(CN2CC[C@@H]3O[C@@H](C(=O)NCC4CC4)CC[C@@H]32)cn1. The molecule has 3 heterocycles. The first-order valence-electron chi connectivity index (χ1n) is 8.84. The second-order valence-electron chi connectivity index (χ2n) is 7.28. The number of hydrogen-bond donors (Lipinski definition) is 1. The van der Waals surface area contributed by atoms with Crippen molar-refractivity contribution in [1.82, 2.24) is 20.0 Å². The van der Waals surface area contributed by atoms with Gasteiger partial charge in [0, 0.05) is 44.5 Å². The summed E-state index contributed by atoms with van der Waals surface area (Å²) in [5, 5.41) is 7.30. The first-order valence-corrected chi connectivity index (χ1v) is 8.84. The quantitative estimate of drug-likeness (QED) is 0.882. The van der Waals surface area contributed by atoms with E-state index in [-0.39, 0.29) is 18.1 Å². The third kappa shape index (κ3) is 3.43. The standard InChI is InChI=1S/C17H26N4O2/c1-20-10-13(9-19-20)11-21-7-6-15-14(21)4-5-16(23-15)17(22)18-8-12-2-3-12/h9-10,12,14-16H,2-8,11H2,1H3,(H,18,22)/t14-,15-,16+/m0/s1. The molecule has 3 fully saturated rings. The Hall–Kier alpha value is -1.40. The van der Waals surface area contributed by atoms with E-state index >= 15 is 0 Å². The van der Waals surface area contributed by atoms with E-state index in [4.69, 9.17) is 4.74 Å². The Kier molecular flexibility index (Phi) is 4.11. The van der Waals surface area contributed by atoms with E-state index in [9.17, 15) is 4.79 Å². The summed E-state index contributed by atoms with van der Waals surface area (Å²) in [7, 11) is 1.95. The number of rotatable bonds is 5. The molecule has 1 aromatic heterocycles. The number of fused-ring (bicyclic) bond motifs is 1. The van der Waals surface area contributed by atoms with Crippen LogP contribution >= 0.6 is 0 Å². The molecule has 3 aliphatic rings. The molecule has 1 saturated carbocycles. The third-order valence-corrected chi connectivity index (χ3v) is 5.36. The van der Waals surface area contributed by atoms with Crippen molar-refractivity contribution in [2.75, 3.05) is 13.1 Å². The van der Waals surface area contributed by atoms with Crippen molar-refractivity contribution in [3.8, 4) is 0 Å². The molecule has 3 atom stereocenters. The summed E-state index contributed by atoms with van der Waals surface area (Å²) in [6.07, 6.45) is 9.41. The molecule has 0 unspecified atom stereocenters. The van der Waals surface area contributed by atoms with Gasteiger partial charge in [-0.15, -0.1) is 0 Å². The van der Waals surface area contributed by atoms with Crippen molar-refractivity contribution in [2.45, 2.75) is 56.9 Å². The van der Waals surface area contributed by atoms with Gasteiger partial charge in [0.05, 0.1) is 12.3 Å². The predicted octanol–water partition coefficient (Wildman–Crippen LogP) is 1.07. The Bertz CT molecular complexity index is 569. The van der Waals surface area contributed by atoms with Crippen LogP contribution in [-0.4, -0.2) is 51.9 Å². The van der Waals surface area contributed by atoms with Crippen molar-refractivity contribution in [2.24, 2.45) is 13.0 Å². The minimum atomic E-state index is -0.242. The smallest absolute Gasteiger partial charge is 0.249 e. The molecule has 0 radical (unpaired) electrons. The number of nitrogens with zero attached hydrogens (tertiary/aromatic N) is 3. The number of amides is 1. The van der Waals surface area contributed by atoms with Crippen molar-refractivity contribution >= 4 is 5.91 Å². The summed E-state index contributed by atoms with van der Waals surface area (Å²) in [6, 6.07) is 0.447. The van der Waals surface area contributed by atoms with Gasteiger partial charge in [0.25, 0.3) is 0 Å². The molecule has 6 nitrogen and oxygen atoms in total. The van der Waals surface area contributed by atoms with Crippen LogP contribution in [0, 0.1) is 5.92 Å². The van der Waals surface area contributed by atoms with Gasteiger partial charge in [-0.25, -0.2) is 0 Å². The number of ether oxygens (including phenoxy) is 1. The van der Waals surface area contributed by atoms with E-state index in [0.29, 0.717) is 6.04 Å². The maximum atomic E-state index is 12.2. The highest BCUT2D eigenvalue weighted by molar-refractivity contribution is 5.80. The minimum absolute atomic E-state index is 0.0982. The summed E-state index contributed by atoms with van der Waals surface area (Å²) in [5.41, 5.74) is 1.25. The number of aryl methyl sites for hydroxylation is 1. The van der Waals surface area contributed by atoms with E-state index in [1.807, 2.05) is 17.9 Å². The van der Waals surface area contributed by atoms with Crippen LogP contribution in [0.15, 0.2) is 12.4 Å². The zero-order valence-corrected chi connectivity index (χ0v) is 13.8. The lowest BCUT2D eigenvalue weighted by atomic mass is 9.98. The summed E-state index contributed by atoms with van der Waals surface area (Å²) in [4.78, 5) is 14.7. The van der Waals surface area contributed by atoms with E-state index in [1.54, 1.807) is 0 Å². The van der Waals surface area contributed by atoms with Crippen molar-refractivity contribution < 1.29 is 9.53 Å². The van der Waals surface area contributed by atoms with Gasteiger partial charge in [-0.1, -0.05) is 0 Å². The van der Waals surface area contributed by atoms with Crippen molar-refractivity contribution in [3.63, 3.8) is 0 Å². The van der Waals surface area contributed by atoms with E-state index in [1.165, 1.54) is 18.4 Å². The number of likely N-dealkylation sites (tertiary alicyclic amines) is 1. The van der Waals surface area contributed by atoms with Crippen LogP contribution < -0.4 is 5.32 Å². The molecule has 2 saturated heterocycles. The molecule has 0 aromatic carbocycles. The Morgan fingerprint density at radius 1 is 1.35 bits per heavy atom. The van der Waals surface area contributed by atoms with Gasteiger partial charge < -0.3 is 10.1 Å². The highest BCUT2D eigenvalue weighted by Gasteiger charge is 2.41. The largest absolute Gasteiger partial charge is 0.363 e. The maximum absolute atomic E-state index is 12.2. The first kappa shape index (κ1) is 15.1. The van der Waals surface area contributed by atoms with Crippen molar-refractivity contribution in [1.29, 1.82) is 0 Å². The van der Waals surface area contributed by atoms with Crippen LogP contribution in [0.25, 0.3) is 0 Å². The predicted molar refractivity (Wildman–Crippen MR) is 85.7 cm³/mol. The molecular weight excluding hydrogens is 292 g/mol. The normalized spacial score (nSPS) is 31.1. The Labute approximate surface area is 137 Å². The number of hydrogen-bond acceptors (Lipinski definition) is 4. The average Bonchev–Trinajstić information content (AvgIpc) is 3.18. The van der Waals surface area contributed by atoms with Crippen LogP contribution in [-0.2, 0) is 23.1 Å². The molecule has 4 rings (SSSR count). The Morgan fingerprint density at radius 2 is 2.22 bits per heavy atom. The highest BCUT2D eigenvalue weighted by Crippen LogP contribution is 2.33. The highest BCUT2D eigenvalue weighted by atomic mass is 16.5. The van der Waals surface area contributed by atoms with Gasteiger partial charge in [-0.3, -0.25) is 14.4 Å². The molecule has 23 heavy (non-hydrogen) atoms. The number of carbonyl (C=O) groups is 1. The fraction of sp³-hybridized carbons (Fsp3) is 0.765. The van der Waals surface area contributed by atoms with E-state index in [2.05, 4.69) is 21.5 Å². The molecule has 2 aliphatic heterocycles. The second-order valence-corrected chi connectivity index (χ2v) is 7.28. The monoisotopic (exact) mass is 318 g/mol. The fourth-order valence-corrected chi connectivity index (χ4v) is 3.87. The minimum Gasteiger partial charge on any atom is -0.363 e. The molecular formula is C17H26N4O2. The van der Waals surface area contributed by atoms with Gasteiger partial charge >= 0.3 is 0 Å². The molecule has 0 spiro atoms. The molecule has 1 N–H and O–H groups in total. The molecule has 1 amide bonds. The van der Waals surface area contributed by atoms with Crippen LogP contribution in [0.3, 0.4) is 0 Å². The number of aromatic nitrogens is 2. The second kappa shape index (κ2) is 6.24. The summed E-state index contributed by atoms with van der Waals surface area (Å²) < 4.78 is 7.97. The van der Waals surface area contributed by atoms with Crippen molar-refractivity contribution in [3.05, 3.63) is 18.0 Å². The number of nitrogens with one attached hydrogen (secondary N) is 1. The third-order valence-electron chi connectivity index (χ3n) is 5.36. The van der Waals surface area contributed by atoms with Crippen LogP contribution in [0.4, 0.5) is 0 Å². The van der Waals surface area contributed by atoms with Crippen LogP contribution in [0.2, 0.25) is 0 Å². The van der Waals surface area contributed by atoms with E-state index in [0.717, 1.165) is 44.8 Å². The maximum Gasteiger partial charge on any atom is 0.249 e. The Morgan fingerprint density at radius 3 is 2.96 bits per heavy atom. The topological polar surface area (TPSA) is 59.4 Å². The van der Waals surface area contributed by atoms with Gasteiger partial charge in [0.1, 0.15) is 6.10 Å². The lowest BCUT2D eigenvalue weighted by Crippen LogP contribution is -2.47. The van der Waals surface area contributed by atoms with Crippen LogP contribution in [0.5, 0.6) is 0 Å². The molecule has 1 aromatic rings. The molecule has 1 aliphatic carbocycles. The summed E-state index contributed by atoms with van der Waals surface area (Å²) in [6.45, 7) is 2.80. The van der Waals surface area contributed by atoms with E-state index < -0.39 is 0 Å². The van der Waals surface area contributed by atoms with Gasteiger partial charge in [0.15, 0.2) is 0 Å². The van der Waals surface area contributed by atoms with Gasteiger partial charge in [0.2, 0.25) is 5.91 Å². The van der Waals surface area contributed by atoms with Gasteiger partial charge in [-0.2, -0.15) is 5.10 Å². The molecule has 0 bridgehead atoms. The Balaban J connectivity index is 1.30. The zero-order valence-electron chi connectivity index (χ0n) is 13.8. The lowest BCUT2D eigenvalue weighted by molar-refractivity contribution is -0.144. The fourth-order valence-electron chi connectivity index (χ4n) is 3.87.